The van der Waals surface area contributed by atoms with E-state index in [1.165, 1.54) is 25.8 Å². The monoisotopic (exact) mass is 212 g/mol. The van der Waals surface area contributed by atoms with Crippen molar-refractivity contribution in [3.8, 4) is 0 Å². The van der Waals surface area contributed by atoms with E-state index in [0.717, 1.165) is 6.54 Å². The fourth-order valence-electron chi connectivity index (χ4n) is 2.99. The van der Waals surface area contributed by atoms with E-state index >= 15 is 0 Å². The smallest absolute Gasteiger partial charge is 0.132 e. The summed E-state index contributed by atoms with van der Waals surface area (Å²) in [4.78, 5) is 2.44. The predicted molar refractivity (Wildman–Crippen MR) is 61.8 cm³/mol. The van der Waals surface area contributed by atoms with E-state index in [2.05, 4.69) is 38.0 Å². The predicted octanol–water partition coefficient (Wildman–Crippen LogP) is 1.59. The number of hydrogen-bond acceptors (Lipinski definition) is 3. The Balaban J connectivity index is 2.08. The minimum absolute atomic E-state index is 0.0208. The SMILES string of the molecule is CN1CCCCC1C1(C)NCC(C)(C)O1. The lowest BCUT2D eigenvalue weighted by Gasteiger charge is -2.43. The number of hydrogen-bond donors (Lipinski definition) is 1. The number of rotatable bonds is 1. The topological polar surface area (TPSA) is 24.5 Å². The van der Waals surface area contributed by atoms with Crippen LogP contribution in [0, 0.1) is 0 Å². The average Bonchev–Trinajstić information content (AvgIpc) is 2.42. The van der Waals surface area contributed by atoms with Crippen LogP contribution in [0.15, 0.2) is 0 Å². The molecule has 0 spiro atoms. The lowest BCUT2D eigenvalue weighted by Crippen LogP contribution is -2.57. The van der Waals surface area contributed by atoms with Gasteiger partial charge in [0, 0.05) is 6.54 Å². The molecule has 0 saturated carbocycles. The molecule has 0 radical (unpaired) electrons. The number of likely N-dealkylation sites (tertiary alicyclic amines) is 1. The fourth-order valence-corrected chi connectivity index (χ4v) is 2.99. The molecule has 88 valence electrons. The Morgan fingerprint density at radius 2 is 2.00 bits per heavy atom. The van der Waals surface area contributed by atoms with Crippen molar-refractivity contribution >= 4 is 0 Å². The van der Waals surface area contributed by atoms with E-state index in [1.807, 2.05) is 0 Å². The van der Waals surface area contributed by atoms with Crippen LogP contribution in [0.2, 0.25) is 0 Å². The molecule has 0 aromatic heterocycles. The highest BCUT2D eigenvalue weighted by molar-refractivity contribution is 4.98. The normalized spacial score (nSPS) is 42.0. The van der Waals surface area contributed by atoms with Crippen LogP contribution >= 0.6 is 0 Å². The van der Waals surface area contributed by atoms with Gasteiger partial charge in [0.2, 0.25) is 0 Å². The van der Waals surface area contributed by atoms with Gasteiger partial charge in [-0.2, -0.15) is 0 Å². The Labute approximate surface area is 93.2 Å². The first-order valence-corrected chi connectivity index (χ1v) is 6.08. The minimum Gasteiger partial charge on any atom is -0.352 e. The Kier molecular flexibility index (Phi) is 2.82. The van der Waals surface area contributed by atoms with Crippen LogP contribution in [0.5, 0.6) is 0 Å². The summed E-state index contributed by atoms with van der Waals surface area (Å²) in [5.41, 5.74) is -0.175. The van der Waals surface area contributed by atoms with Crippen molar-refractivity contribution in [2.75, 3.05) is 20.1 Å². The van der Waals surface area contributed by atoms with Crippen molar-refractivity contribution in [2.45, 2.75) is 57.4 Å². The van der Waals surface area contributed by atoms with Crippen LogP contribution < -0.4 is 5.32 Å². The van der Waals surface area contributed by atoms with Crippen molar-refractivity contribution in [2.24, 2.45) is 0 Å². The van der Waals surface area contributed by atoms with Crippen molar-refractivity contribution in [1.29, 1.82) is 0 Å². The maximum atomic E-state index is 6.19. The molecule has 15 heavy (non-hydrogen) atoms. The first kappa shape index (κ1) is 11.4. The zero-order chi connectivity index (χ0) is 11.1. The molecule has 0 amide bonds. The summed E-state index contributed by atoms with van der Waals surface area (Å²) >= 11 is 0. The number of nitrogens with one attached hydrogen (secondary N) is 1. The summed E-state index contributed by atoms with van der Waals surface area (Å²) in [6.45, 7) is 8.68. The zero-order valence-electron chi connectivity index (χ0n) is 10.5. The highest BCUT2D eigenvalue weighted by Gasteiger charge is 2.47. The standard InChI is InChI=1S/C12H24N2O/c1-11(2)9-13-12(3,15-11)10-7-5-6-8-14(10)4/h10,13H,5-9H2,1-4H3. The third kappa shape index (κ3) is 2.19. The van der Waals surface area contributed by atoms with E-state index < -0.39 is 0 Å². The van der Waals surface area contributed by atoms with Crippen LogP contribution in [0.3, 0.4) is 0 Å². The molecule has 1 N–H and O–H groups in total. The van der Waals surface area contributed by atoms with Gasteiger partial charge >= 0.3 is 0 Å². The number of ether oxygens (including phenoxy) is 1. The van der Waals surface area contributed by atoms with Crippen LogP contribution in [0.4, 0.5) is 0 Å². The van der Waals surface area contributed by atoms with Gasteiger partial charge in [-0.15, -0.1) is 0 Å². The quantitative estimate of drug-likeness (QED) is 0.714. The first-order chi connectivity index (χ1) is 6.93. The van der Waals surface area contributed by atoms with Gasteiger partial charge in [-0.1, -0.05) is 6.42 Å². The molecule has 2 unspecified atom stereocenters. The van der Waals surface area contributed by atoms with Gasteiger partial charge in [0.1, 0.15) is 5.72 Å². The van der Waals surface area contributed by atoms with Gasteiger partial charge in [-0.25, -0.2) is 0 Å². The zero-order valence-corrected chi connectivity index (χ0v) is 10.5. The van der Waals surface area contributed by atoms with E-state index in [4.69, 9.17) is 4.74 Å². The Hall–Kier alpha value is -0.120. The lowest BCUT2D eigenvalue weighted by molar-refractivity contribution is -0.126. The van der Waals surface area contributed by atoms with Gasteiger partial charge in [0.15, 0.2) is 0 Å². The van der Waals surface area contributed by atoms with Gasteiger partial charge in [-0.3, -0.25) is 10.2 Å². The summed E-state index contributed by atoms with van der Waals surface area (Å²) in [6.07, 6.45) is 3.90. The molecule has 0 aromatic rings. The third-order valence-electron chi connectivity index (χ3n) is 3.76. The molecule has 0 aromatic carbocycles. The Bertz CT molecular complexity index is 242. The minimum atomic E-state index is -0.154. The molecule has 2 aliphatic heterocycles. The molecular formula is C12H24N2O. The van der Waals surface area contributed by atoms with Crippen molar-refractivity contribution < 1.29 is 4.74 Å². The van der Waals surface area contributed by atoms with Crippen molar-refractivity contribution in [3.63, 3.8) is 0 Å². The molecule has 0 aliphatic carbocycles. The molecule has 3 nitrogen and oxygen atoms in total. The number of likely N-dealkylation sites (N-methyl/N-ethyl adjacent to an activating group) is 1. The second kappa shape index (κ2) is 3.72. The van der Waals surface area contributed by atoms with E-state index in [9.17, 15) is 0 Å². The van der Waals surface area contributed by atoms with Crippen molar-refractivity contribution in [3.05, 3.63) is 0 Å². The van der Waals surface area contributed by atoms with Gasteiger partial charge < -0.3 is 4.74 Å². The Morgan fingerprint density at radius 1 is 1.27 bits per heavy atom. The highest BCUT2D eigenvalue weighted by Crippen LogP contribution is 2.33. The maximum absolute atomic E-state index is 6.19. The molecule has 3 heteroatoms. The molecule has 0 bridgehead atoms. The fraction of sp³-hybridized carbons (Fsp3) is 1.00. The molecule has 2 fully saturated rings. The summed E-state index contributed by atoms with van der Waals surface area (Å²) in [7, 11) is 2.21. The highest BCUT2D eigenvalue weighted by atomic mass is 16.5. The average molecular weight is 212 g/mol. The molecule has 2 aliphatic rings. The van der Waals surface area contributed by atoms with Gasteiger partial charge in [0.25, 0.3) is 0 Å². The van der Waals surface area contributed by atoms with Crippen LogP contribution in [-0.4, -0.2) is 42.4 Å². The van der Waals surface area contributed by atoms with Crippen molar-refractivity contribution in [1.82, 2.24) is 10.2 Å². The summed E-state index contributed by atoms with van der Waals surface area (Å²) in [5.74, 6) is 0. The molecule has 2 atom stereocenters. The molecule has 2 saturated heterocycles. The molecular weight excluding hydrogens is 188 g/mol. The first-order valence-electron chi connectivity index (χ1n) is 6.08. The van der Waals surface area contributed by atoms with Crippen LogP contribution in [0.1, 0.15) is 40.0 Å². The van der Waals surface area contributed by atoms with Gasteiger partial charge in [0.05, 0.1) is 11.6 Å². The van der Waals surface area contributed by atoms with E-state index in [0.29, 0.717) is 6.04 Å². The van der Waals surface area contributed by atoms with Crippen LogP contribution in [-0.2, 0) is 4.74 Å². The van der Waals surface area contributed by atoms with Crippen LogP contribution in [0.25, 0.3) is 0 Å². The number of nitrogens with zero attached hydrogens (tertiary/aromatic N) is 1. The lowest BCUT2D eigenvalue weighted by atomic mass is 9.94. The van der Waals surface area contributed by atoms with Gasteiger partial charge in [-0.05, 0) is 47.2 Å². The second-order valence-corrected chi connectivity index (χ2v) is 5.81. The second-order valence-electron chi connectivity index (χ2n) is 5.81. The molecule has 2 rings (SSSR count). The summed E-state index contributed by atoms with van der Waals surface area (Å²) in [5, 5.41) is 3.56. The molecule has 2 heterocycles. The summed E-state index contributed by atoms with van der Waals surface area (Å²) < 4.78 is 6.19. The number of piperidine rings is 1. The maximum Gasteiger partial charge on any atom is 0.132 e. The van der Waals surface area contributed by atoms with E-state index in [-0.39, 0.29) is 11.3 Å². The Morgan fingerprint density at radius 3 is 2.53 bits per heavy atom. The summed E-state index contributed by atoms with van der Waals surface area (Å²) in [6, 6.07) is 0.521. The van der Waals surface area contributed by atoms with E-state index in [1.54, 1.807) is 0 Å². The largest absolute Gasteiger partial charge is 0.352 e. The third-order valence-corrected chi connectivity index (χ3v) is 3.76.